The molecule has 132 valence electrons. The number of rotatable bonds is 4. The molecule has 0 aliphatic rings. The van der Waals surface area contributed by atoms with E-state index in [2.05, 4.69) is 15.1 Å². The monoisotopic (exact) mass is 390 g/mol. The normalized spacial score (nSPS) is 11.6. The van der Waals surface area contributed by atoms with E-state index in [-0.39, 0.29) is 23.5 Å². The number of alkyl halides is 3. The van der Waals surface area contributed by atoms with Crippen molar-refractivity contribution in [3.8, 4) is 28.3 Å². The highest BCUT2D eigenvalue weighted by Crippen LogP contribution is 2.34. The predicted molar refractivity (Wildman–Crippen MR) is 85.2 cm³/mol. The third kappa shape index (κ3) is 3.85. The van der Waals surface area contributed by atoms with Crippen LogP contribution in [0.1, 0.15) is 5.69 Å². The highest BCUT2D eigenvalue weighted by molar-refractivity contribution is 7.19. The minimum absolute atomic E-state index is 0.0168. The highest BCUT2D eigenvalue weighted by Gasteiger charge is 2.35. The fourth-order valence-corrected chi connectivity index (χ4v) is 2.87. The molecule has 0 amide bonds. The van der Waals surface area contributed by atoms with Gasteiger partial charge in [-0.1, -0.05) is 11.6 Å². The van der Waals surface area contributed by atoms with Gasteiger partial charge in [0, 0.05) is 13.1 Å². The summed E-state index contributed by atoms with van der Waals surface area (Å²) in [6.45, 7) is 0. The summed E-state index contributed by atoms with van der Waals surface area (Å²) in [4.78, 5) is 9.03. The van der Waals surface area contributed by atoms with E-state index in [9.17, 15) is 13.2 Å². The zero-order valence-electron chi connectivity index (χ0n) is 12.8. The van der Waals surface area contributed by atoms with Crippen LogP contribution in [0.4, 0.5) is 13.2 Å². The SMILES string of the molecule is COc1cc(Oc2cc(C(F)(F)F)nn2C)nc(-c2ccc(Cl)s2)n1. The van der Waals surface area contributed by atoms with Crippen LogP contribution in [0.25, 0.3) is 10.7 Å². The van der Waals surface area contributed by atoms with Crippen molar-refractivity contribution in [3.63, 3.8) is 0 Å². The van der Waals surface area contributed by atoms with Gasteiger partial charge in [0.25, 0.3) is 0 Å². The number of nitrogens with zero attached hydrogens (tertiary/aromatic N) is 4. The number of thiophene rings is 1. The van der Waals surface area contributed by atoms with Crippen LogP contribution in [0, 0.1) is 0 Å². The summed E-state index contributed by atoms with van der Waals surface area (Å²) < 4.78 is 50.3. The molecule has 6 nitrogen and oxygen atoms in total. The van der Waals surface area contributed by atoms with Gasteiger partial charge in [-0.15, -0.1) is 11.3 Å². The van der Waals surface area contributed by atoms with Gasteiger partial charge in [-0.05, 0) is 12.1 Å². The predicted octanol–water partition coefficient (Wildman–Crippen LogP) is 4.41. The molecular formula is C14H10ClF3N4O2S. The van der Waals surface area contributed by atoms with Crippen molar-refractivity contribution in [2.75, 3.05) is 7.11 Å². The van der Waals surface area contributed by atoms with Crippen molar-refractivity contribution in [3.05, 3.63) is 34.3 Å². The first kappa shape index (κ1) is 17.5. The third-order valence-electron chi connectivity index (χ3n) is 3.02. The Labute approximate surface area is 148 Å². The minimum Gasteiger partial charge on any atom is -0.481 e. The summed E-state index contributed by atoms with van der Waals surface area (Å²) in [5, 5.41) is 3.38. The number of hydrogen-bond acceptors (Lipinski definition) is 6. The van der Waals surface area contributed by atoms with Crippen LogP contribution in [0.3, 0.4) is 0 Å². The third-order valence-corrected chi connectivity index (χ3v) is 4.25. The molecule has 11 heteroatoms. The minimum atomic E-state index is -4.57. The van der Waals surface area contributed by atoms with Gasteiger partial charge >= 0.3 is 6.18 Å². The maximum atomic E-state index is 12.7. The van der Waals surface area contributed by atoms with E-state index in [1.807, 2.05) is 0 Å². The van der Waals surface area contributed by atoms with E-state index in [1.165, 1.54) is 31.6 Å². The molecule has 0 radical (unpaired) electrons. The average molecular weight is 391 g/mol. The molecule has 0 unspecified atom stereocenters. The fourth-order valence-electron chi connectivity index (χ4n) is 1.90. The summed E-state index contributed by atoms with van der Waals surface area (Å²) in [7, 11) is 2.74. The van der Waals surface area contributed by atoms with Gasteiger partial charge in [-0.2, -0.15) is 28.2 Å². The summed E-state index contributed by atoms with van der Waals surface area (Å²) in [5.74, 6) is 0.374. The lowest BCUT2D eigenvalue weighted by molar-refractivity contribution is -0.141. The molecule has 0 bridgehead atoms. The molecule has 0 fully saturated rings. The standard InChI is InChI=1S/C14H10ClF3N4O2S/c1-22-12(5-8(21-22)14(16,17)18)24-11-6-10(23-2)19-13(20-11)7-3-4-9(15)25-7/h3-6H,1-2H3. The van der Waals surface area contributed by atoms with E-state index in [0.29, 0.717) is 9.21 Å². The molecule has 0 aliphatic carbocycles. The Morgan fingerprint density at radius 1 is 1.16 bits per heavy atom. The molecule has 25 heavy (non-hydrogen) atoms. The maximum Gasteiger partial charge on any atom is 0.435 e. The molecule has 0 aliphatic heterocycles. The van der Waals surface area contributed by atoms with Crippen molar-refractivity contribution in [1.29, 1.82) is 0 Å². The summed E-state index contributed by atoms with van der Waals surface area (Å²) in [5.41, 5.74) is -1.06. The van der Waals surface area contributed by atoms with Crippen molar-refractivity contribution in [1.82, 2.24) is 19.7 Å². The first-order valence-corrected chi connectivity index (χ1v) is 7.93. The second kappa shape index (κ2) is 6.52. The van der Waals surface area contributed by atoms with E-state index < -0.39 is 11.9 Å². The van der Waals surface area contributed by atoms with Gasteiger partial charge < -0.3 is 9.47 Å². The first-order valence-electron chi connectivity index (χ1n) is 6.74. The van der Waals surface area contributed by atoms with Crippen molar-refractivity contribution in [2.24, 2.45) is 7.05 Å². The maximum absolute atomic E-state index is 12.7. The van der Waals surface area contributed by atoms with Gasteiger partial charge in [-0.25, -0.2) is 4.68 Å². The van der Waals surface area contributed by atoms with Gasteiger partial charge in [0.2, 0.25) is 17.6 Å². The van der Waals surface area contributed by atoms with Crippen LogP contribution in [0.5, 0.6) is 17.6 Å². The second-order valence-corrected chi connectivity index (χ2v) is 6.48. The molecule has 3 aromatic heterocycles. The Bertz CT molecular complexity index is 910. The summed E-state index contributed by atoms with van der Waals surface area (Å²) in [6, 6.07) is 5.55. The molecule has 0 spiro atoms. The topological polar surface area (TPSA) is 62.1 Å². The Kier molecular flexibility index (Phi) is 4.56. The van der Waals surface area contributed by atoms with Gasteiger partial charge in [-0.3, -0.25) is 0 Å². The molecule has 0 aromatic carbocycles. The van der Waals surface area contributed by atoms with Crippen molar-refractivity contribution in [2.45, 2.75) is 6.18 Å². The zero-order valence-corrected chi connectivity index (χ0v) is 14.4. The quantitative estimate of drug-likeness (QED) is 0.660. The van der Waals surface area contributed by atoms with Crippen LogP contribution in [0.15, 0.2) is 24.3 Å². The molecule has 3 aromatic rings. The van der Waals surface area contributed by atoms with Crippen LogP contribution in [-0.4, -0.2) is 26.9 Å². The summed E-state index contributed by atoms with van der Waals surface area (Å²) in [6.07, 6.45) is -4.57. The number of ether oxygens (including phenoxy) is 2. The number of hydrogen-bond donors (Lipinski definition) is 0. The van der Waals surface area contributed by atoms with E-state index in [1.54, 1.807) is 12.1 Å². The molecule has 0 atom stereocenters. The lowest BCUT2D eigenvalue weighted by Crippen LogP contribution is -2.06. The van der Waals surface area contributed by atoms with Crippen LogP contribution in [-0.2, 0) is 13.2 Å². The summed E-state index contributed by atoms with van der Waals surface area (Å²) >= 11 is 7.15. The number of halogens is 4. The molecular weight excluding hydrogens is 381 g/mol. The van der Waals surface area contributed by atoms with Crippen LogP contribution in [0.2, 0.25) is 4.34 Å². The Morgan fingerprint density at radius 3 is 2.44 bits per heavy atom. The molecule has 0 saturated carbocycles. The van der Waals surface area contributed by atoms with E-state index in [0.717, 1.165) is 10.7 Å². The van der Waals surface area contributed by atoms with E-state index in [4.69, 9.17) is 21.1 Å². The van der Waals surface area contributed by atoms with Crippen molar-refractivity contribution < 1.29 is 22.6 Å². The number of aryl methyl sites for hydroxylation is 1. The van der Waals surface area contributed by atoms with Gasteiger partial charge in [0.05, 0.1) is 22.4 Å². The van der Waals surface area contributed by atoms with Gasteiger partial charge in [0.15, 0.2) is 11.5 Å². The van der Waals surface area contributed by atoms with E-state index >= 15 is 0 Å². The zero-order chi connectivity index (χ0) is 18.2. The number of methoxy groups -OCH3 is 1. The average Bonchev–Trinajstić information content (AvgIpc) is 3.13. The first-order chi connectivity index (χ1) is 11.8. The molecule has 0 saturated heterocycles. The Morgan fingerprint density at radius 2 is 1.88 bits per heavy atom. The highest BCUT2D eigenvalue weighted by atomic mass is 35.5. The van der Waals surface area contributed by atoms with Crippen LogP contribution < -0.4 is 9.47 Å². The lowest BCUT2D eigenvalue weighted by Gasteiger charge is -2.07. The number of aromatic nitrogens is 4. The Balaban J connectivity index is 1.96. The molecule has 0 N–H and O–H groups in total. The lowest BCUT2D eigenvalue weighted by atomic mass is 10.4. The van der Waals surface area contributed by atoms with Gasteiger partial charge in [0.1, 0.15) is 0 Å². The Hall–Kier alpha value is -2.33. The second-order valence-electron chi connectivity index (χ2n) is 4.77. The fraction of sp³-hybridized carbons (Fsp3) is 0.214. The molecule has 3 heterocycles. The van der Waals surface area contributed by atoms with Crippen molar-refractivity contribution >= 4 is 22.9 Å². The van der Waals surface area contributed by atoms with Crippen LogP contribution >= 0.6 is 22.9 Å². The smallest absolute Gasteiger partial charge is 0.435 e. The molecule has 3 rings (SSSR count). The largest absolute Gasteiger partial charge is 0.481 e.